The van der Waals surface area contributed by atoms with E-state index in [2.05, 4.69) is 10.6 Å². The Morgan fingerprint density at radius 3 is 2.56 bits per heavy atom. The van der Waals surface area contributed by atoms with Crippen molar-refractivity contribution in [1.82, 2.24) is 10.6 Å². The number of nitrogens with one attached hydrogen (secondary N) is 2. The van der Waals surface area contributed by atoms with Crippen LogP contribution < -0.4 is 15.4 Å². The van der Waals surface area contributed by atoms with E-state index in [0.29, 0.717) is 12.5 Å². The molecule has 1 unspecified atom stereocenters. The summed E-state index contributed by atoms with van der Waals surface area (Å²) in [6.07, 6.45) is 2.48. The molecule has 0 heterocycles. The molecule has 0 aromatic heterocycles. The Morgan fingerprint density at radius 1 is 1.12 bits per heavy atom. The van der Waals surface area contributed by atoms with Gasteiger partial charge in [-0.25, -0.2) is 4.79 Å². The molecule has 0 spiro atoms. The van der Waals surface area contributed by atoms with E-state index in [1.807, 2.05) is 54.6 Å². The number of ether oxygens (including phenoxy) is 1. The van der Waals surface area contributed by atoms with Gasteiger partial charge in [0.05, 0.1) is 19.3 Å². The van der Waals surface area contributed by atoms with Crippen molar-refractivity contribution in [2.24, 2.45) is 5.92 Å². The topological polar surface area (TPSA) is 70.6 Å². The molecule has 5 nitrogen and oxygen atoms in total. The standard InChI is InChI=1S/C20H24N2O3/c23-13-18(16-6-2-1-3-7-16)22-20(24)21-12-17-8-4-5-9-19(17)25-14-15-10-11-15/h1-9,15,18,23H,10-14H2,(H2,21,22,24). The zero-order valence-corrected chi connectivity index (χ0v) is 14.2. The van der Waals surface area contributed by atoms with Crippen LogP contribution in [0.15, 0.2) is 54.6 Å². The summed E-state index contributed by atoms with van der Waals surface area (Å²) >= 11 is 0. The number of urea groups is 1. The lowest BCUT2D eigenvalue weighted by atomic mass is 10.1. The fourth-order valence-corrected chi connectivity index (χ4v) is 2.59. The molecular formula is C20H24N2O3. The molecule has 0 saturated heterocycles. The summed E-state index contributed by atoms with van der Waals surface area (Å²) in [6, 6.07) is 16.4. The number of carbonyl (C=O) groups excluding carboxylic acids is 1. The molecule has 3 N–H and O–H groups in total. The average Bonchev–Trinajstić information content (AvgIpc) is 3.48. The van der Waals surface area contributed by atoms with Crippen LogP contribution in [0.2, 0.25) is 0 Å². The van der Waals surface area contributed by atoms with Gasteiger partial charge in [0.15, 0.2) is 0 Å². The number of amides is 2. The molecule has 0 radical (unpaired) electrons. The number of aliphatic hydroxyl groups excluding tert-OH is 1. The van der Waals surface area contributed by atoms with Gasteiger partial charge >= 0.3 is 6.03 Å². The Kier molecular flexibility index (Phi) is 5.90. The minimum absolute atomic E-state index is 0.154. The zero-order chi connectivity index (χ0) is 17.5. The van der Waals surface area contributed by atoms with E-state index < -0.39 is 6.04 Å². The lowest BCUT2D eigenvalue weighted by Crippen LogP contribution is -2.38. The fraction of sp³-hybridized carbons (Fsp3) is 0.350. The van der Waals surface area contributed by atoms with Crippen LogP contribution in [0.1, 0.15) is 30.0 Å². The first kappa shape index (κ1) is 17.3. The molecule has 3 rings (SSSR count). The van der Waals surface area contributed by atoms with E-state index in [0.717, 1.165) is 23.5 Å². The third-order valence-electron chi connectivity index (χ3n) is 4.27. The maximum atomic E-state index is 12.2. The Labute approximate surface area is 148 Å². The molecule has 132 valence electrons. The lowest BCUT2D eigenvalue weighted by Gasteiger charge is -2.18. The van der Waals surface area contributed by atoms with Crippen LogP contribution in [0.3, 0.4) is 0 Å². The van der Waals surface area contributed by atoms with Crippen LogP contribution in [-0.2, 0) is 6.54 Å². The van der Waals surface area contributed by atoms with Gasteiger partial charge in [0, 0.05) is 12.1 Å². The van der Waals surface area contributed by atoms with Gasteiger partial charge in [-0.05, 0) is 30.4 Å². The zero-order valence-electron chi connectivity index (χ0n) is 14.2. The van der Waals surface area contributed by atoms with E-state index in [1.54, 1.807) is 0 Å². The van der Waals surface area contributed by atoms with Crippen LogP contribution in [0, 0.1) is 5.92 Å². The van der Waals surface area contributed by atoms with E-state index in [9.17, 15) is 9.90 Å². The quantitative estimate of drug-likeness (QED) is 0.692. The summed E-state index contributed by atoms with van der Waals surface area (Å²) < 4.78 is 5.85. The largest absolute Gasteiger partial charge is 0.493 e. The molecular weight excluding hydrogens is 316 g/mol. The first-order valence-electron chi connectivity index (χ1n) is 8.67. The molecule has 25 heavy (non-hydrogen) atoms. The number of carbonyl (C=O) groups is 1. The van der Waals surface area contributed by atoms with Crippen molar-refractivity contribution in [3.8, 4) is 5.75 Å². The Balaban J connectivity index is 1.53. The van der Waals surface area contributed by atoms with Crippen LogP contribution >= 0.6 is 0 Å². The number of para-hydroxylation sites is 1. The number of rotatable bonds is 8. The third-order valence-corrected chi connectivity index (χ3v) is 4.27. The van der Waals surface area contributed by atoms with Crippen LogP contribution in [0.25, 0.3) is 0 Å². The number of benzene rings is 2. The van der Waals surface area contributed by atoms with Crippen molar-refractivity contribution in [2.75, 3.05) is 13.2 Å². The number of hydrogen-bond acceptors (Lipinski definition) is 3. The van der Waals surface area contributed by atoms with E-state index in [1.165, 1.54) is 12.8 Å². The van der Waals surface area contributed by atoms with Gasteiger partial charge in [-0.15, -0.1) is 0 Å². The highest BCUT2D eigenvalue weighted by Crippen LogP contribution is 2.30. The van der Waals surface area contributed by atoms with Gasteiger partial charge < -0.3 is 20.5 Å². The highest BCUT2D eigenvalue weighted by molar-refractivity contribution is 5.74. The summed E-state index contributed by atoms with van der Waals surface area (Å²) in [7, 11) is 0. The minimum atomic E-state index is -0.428. The summed E-state index contributed by atoms with van der Waals surface area (Å²) in [5.41, 5.74) is 1.81. The molecule has 1 saturated carbocycles. The molecule has 0 bridgehead atoms. The van der Waals surface area contributed by atoms with Crippen molar-refractivity contribution in [2.45, 2.75) is 25.4 Å². The molecule has 2 aromatic carbocycles. The van der Waals surface area contributed by atoms with Gasteiger partial charge in [-0.3, -0.25) is 0 Å². The minimum Gasteiger partial charge on any atom is -0.493 e. The predicted octanol–water partition coefficient (Wildman–Crippen LogP) is 3.01. The van der Waals surface area contributed by atoms with Crippen molar-refractivity contribution in [3.05, 3.63) is 65.7 Å². The van der Waals surface area contributed by atoms with Crippen molar-refractivity contribution >= 4 is 6.03 Å². The maximum absolute atomic E-state index is 12.2. The maximum Gasteiger partial charge on any atom is 0.315 e. The summed E-state index contributed by atoms with van der Waals surface area (Å²) in [4.78, 5) is 12.2. The molecule has 2 amide bonds. The summed E-state index contributed by atoms with van der Waals surface area (Å²) in [6.45, 7) is 0.960. The van der Waals surface area contributed by atoms with Crippen molar-refractivity contribution in [1.29, 1.82) is 0 Å². The molecule has 1 aliphatic rings. The van der Waals surface area contributed by atoms with Crippen LogP contribution in [0.4, 0.5) is 4.79 Å². The van der Waals surface area contributed by atoms with Crippen LogP contribution in [0.5, 0.6) is 5.75 Å². The Morgan fingerprint density at radius 2 is 1.84 bits per heavy atom. The molecule has 1 atom stereocenters. The first-order chi connectivity index (χ1) is 12.3. The normalized spacial score (nSPS) is 14.6. The summed E-state index contributed by atoms with van der Waals surface area (Å²) in [5.74, 6) is 1.50. The second kappa shape index (κ2) is 8.53. The fourth-order valence-electron chi connectivity index (χ4n) is 2.59. The van der Waals surface area contributed by atoms with E-state index in [4.69, 9.17) is 4.74 Å². The first-order valence-corrected chi connectivity index (χ1v) is 8.67. The van der Waals surface area contributed by atoms with Gasteiger partial charge in [0.1, 0.15) is 5.75 Å². The van der Waals surface area contributed by atoms with Gasteiger partial charge in [-0.2, -0.15) is 0 Å². The lowest BCUT2D eigenvalue weighted by molar-refractivity contribution is 0.216. The SMILES string of the molecule is O=C(NCc1ccccc1OCC1CC1)NC(CO)c1ccccc1. The van der Waals surface area contributed by atoms with Crippen molar-refractivity contribution in [3.63, 3.8) is 0 Å². The number of aliphatic hydroxyl groups is 1. The molecule has 1 fully saturated rings. The molecule has 2 aromatic rings. The van der Waals surface area contributed by atoms with E-state index in [-0.39, 0.29) is 12.6 Å². The van der Waals surface area contributed by atoms with Crippen LogP contribution in [-0.4, -0.2) is 24.4 Å². The Bertz CT molecular complexity index is 686. The van der Waals surface area contributed by atoms with E-state index >= 15 is 0 Å². The molecule has 1 aliphatic carbocycles. The van der Waals surface area contributed by atoms with Gasteiger partial charge in [0.2, 0.25) is 0 Å². The third kappa shape index (κ3) is 5.22. The highest BCUT2D eigenvalue weighted by atomic mass is 16.5. The van der Waals surface area contributed by atoms with Gasteiger partial charge in [-0.1, -0.05) is 48.5 Å². The second-order valence-electron chi connectivity index (χ2n) is 6.33. The monoisotopic (exact) mass is 340 g/mol. The molecule has 0 aliphatic heterocycles. The highest BCUT2D eigenvalue weighted by Gasteiger charge is 2.22. The summed E-state index contributed by atoms with van der Waals surface area (Å²) in [5, 5.41) is 15.2. The second-order valence-corrected chi connectivity index (χ2v) is 6.33. The number of hydrogen-bond donors (Lipinski definition) is 3. The predicted molar refractivity (Wildman–Crippen MR) is 96.3 cm³/mol. The average molecular weight is 340 g/mol. The van der Waals surface area contributed by atoms with Gasteiger partial charge in [0.25, 0.3) is 0 Å². The Hall–Kier alpha value is -2.53. The smallest absolute Gasteiger partial charge is 0.315 e. The molecule has 5 heteroatoms. The van der Waals surface area contributed by atoms with Crippen molar-refractivity contribution < 1.29 is 14.6 Å².